The molecule has 0 spiro atoms. The molecular formula is C11H14O4. The lowest BCUT2D eigenvalue weighted by atomic mass is 9.95. The van der Waals surface area contributed by atoms with Gasteiger partial charge in [-0.25, -0.2) is 4.79 Å². The van der Waals surface area contributed by atoms with E-state index in [9.17, 15) is 15.0 Å². The maximum Gasteiger partial charge on any atom is 0.337 e. The van der Waals surface area contributed by atoms with Gasteiger partial charge in [0.15, 0.2) is 6.10 Å². The number of aliphatic hydroxyl groups excluding tert-OH is 1. The second-order valence-corrected chi connectivity index (χ2v) is 3.62. The van der Waals surface area contributed by atoms with Crippen molar-refractivity contribution in [3.8, 4) is 5.75 Å². The summed E-state index contributed by atoms with van der Waals surface area (Å²) >= 11 is 0. The molecule has 0 saturated carbocycles. The smallest absolute Gasteiger partial charge is 0.337 e. The fourth-order valence-corrected chi connectivity index (χ4v) is 1.52. The van der Waals surface area contributed by atoms with E-state index in [-0.39, 0.29) is 5.75 Å². The molecule has 0 radical (unpaired) electrons. The van der Waals surface area contributed by atoms with Crippen LogP contribution in [-0.2, 0) is 4.79 Å². The van der Waals surface area contributed by atoms with Crippen molar-refractivity contribution in [3.63, 3.8) is 0 Å². The SMILES string of the molecule is Cc1cc(C(O)C(=O)O)c(C)c(C)c1O. The normalized spacial score (nSPS) is 12.5. The fraction of sp³-hybridized carbons (Fsp3) is 0.364. The second-order valence-electron chi connectivity index (χ2n) is 3.62. The summed E-state index contributed by atoms with van der Waals surface area (Å²) < 4.78 is 0. The maximum atomic E-state index is 10.6. The Bertz CT molecular complexity index is 410. The van der Waals surface area contributed by atoms with Gasteiger partial charge in [0.25, 0.3) is 0 Å². The van der Waals surface area contributed by atoms with Crippen molar-refractivity contribution in [2.75, 3.05) is 0 Å². The van der Waals surface area contributed by atoms with E-state index in [1.165, 1.54) is 6.07 Å². The molecule has 0 saturated heterocycles. The lowest BCUT2D eigenvalue weighted by molar-refractivity contribution is -0.147. The molecule has 1 rings (SSSR count). The Labute approximate surface area is 87.8 Å². The summed E-state index contributed by atoms with van der Waals surface area (Å²) in [4.78, 5) is 10.6. The number of rotatable bonds is 2. The summed E-state index contributed by atoms with van der Waals surface area (Å²) in [5.74, 6) is -1.14. The summed E-state index contributed by atoms with van der Waals surface area (Å²) in [5, 5.41) is 27.7. The molecule has 1 unspecified atom stereocenters. The Morgan fingerprint density at radius 1 is 1.27 bits per heavy atom. The van der Waals surface area contributed by atoms with Crippen molar-refractivity contribution in [1.29, 1.82) is 0 Å². The van der Waals surface area contributed by atoms with Crippen LogP contribution in [-0.4, -0.2) is 21.3 Å². The molecule has 1 atom stereocenters. The molecule has 0 bridgehead atoms. The van der Waals surface area contributed by atoms with E-state index in [0.717, 1.165) is 0 Å². The number of aryl methyl sites for hydroxylation is 1. The second kappa shape index (κ2) is 3.90. The number of aliphatic carboxylic acids is 1. The molecule has 1 aromatic rings. The van der Waals surface area contributed by atoms with Gasteiger partial charge in [0, 0.05) is 0 Å². The third-order valence-corrected chi connectivity index (χ3v) is 2.62. The van der Waals surface area contributed by atoms with E-state index in [2.05, 4.69) is 0 Å². The van der Waals surface area contributed by atoms with Crippen LogP contribution in [0.25, 0.3) is 0 Å². The van der Waals surface area contributed by atoms with Crippen LogP contribution in [0.4, 0.5) is 0 Å². The highest BCUT2D eigenvalue weighted by Gasteiger charge is 2.20. The molecule has 82 valence electrons. The van der Waals surface area contributed by atoms with Crippen LogP contribution < -0.4 is 0 Å². The number of hydrogen-bond acceptors (Lipinski definition) is 3. The molecular weight excluding hydrogens is 196 g/mol. The zero-order valence-corrected chi connectivity index (χ0v) is 8.90. The van der Waals surface area contributed by atoms with E-state index in [1.54, 1.807) is 20.8 Å². The first kappa shape index (κ1) is 11.5. The van der Waals surface area contributed by atoms with Crippen LogP contribution in [0.15, 0.2) is 6.07 Å². The van der Waals surface area contributed by atoms with Crippen molar-refractivity contribution in [3.05, 3.63) is 28.3 Å². The summed E-state index contributed by atoms with van der Waals surface area (Å²) in [7, 11) is 0. The monoisotopic (exact) mass is 210 g/mol. The Morgan fingerprint density at radius 2 is 1.80 bits per heavy atom. The molecule has 3 N–H and O–H groups in total. The number of carboxylic acid groups (broad SMARTS) is 1. The molecule has 0 amide bonds. The highest BCUT2D eigenvalue weighted by atomic mass is 16.4. The molecule has 15 heavy (non-hydrogen) atoms. The van der Waals surface area contributed by atoms with E-state index in [1.807, 2.05) is 0 Å². The van der Waals surface area contributed by atoms with E-state index in [4.69, 9.17) is 5.11 Å². The maximum absolute atomic E-state index is 10.6. The minimum Gasteiger partial charge on any atom is -0.507 e. The van der Waals surface area contributed by atoms with Crippen LogP contribution >= 0.6 is 0 Å². The molecule has 0 aliphatic rings. The molecule has 0 aliphatic heterocycles. The lowest BCUT2D eigenvalue weighted by Gasteiger charge is -2.14. The standard InChI is InChI=1S/C11H14O4/c1-5-4-8(10(13)11(14)15)6(2)7(3)9(5)12/h4,10,12-13H,1-3H3,(H,14,15). The van der Waals surface area contributed by atoms with Crippen LogP contribution in [0.2, 0.25) is 0 Å². The molecule has 4 heteroatoms. The topological polar surface area (TPSA) is 77.8 Å². The number of carbonyl (C=O) groups is 1. The summed E-state index contributed by atoms with van der Waals surface area (Å²) in [6, 6.07) is 1.50. The van der Waals surface area contributed by atoms with E-state index in [0.29, 0.717) is 22.3 Å². The number of aliphatic hydroxyl groups is 1. The number of benzene rings is 1. The highest BCUT2D eigenvalue weighted by Crippen LogP contribution is 2.30. The van der Waals surface area contributed by atoms with Crippen LogP contribution in [0.3, 0.4) is 0 Å². The summed E-state index contributed by atoms with van der Waals surface area (Å²) in [6.45, 7) is 5.03. The van der Waals surface area contributed by atoms with Crippen molar-refractivity contribution in [2.24, 2.45) is 0 Å². The first-order chi connectivity index (χ1) is 6.86. The average molecular weight is 210 g/mol. The van der Waals surface area contributed by atoms with Gasteiger partial charge in [0.1, 0.15) is 5.75 Å². The van der Waals surface area contributed by atoms with Crippen molar-refractivity contribution >= 4 is 5.97 Å². The number of phenolic OH excluding ortho intramolecular Hbond substituents is 1. The van der Waals surface area contributed by atoms with Gasteiger partial charge < -0.3 is 15.3 Å². The van der Waals surface area contributed by atoms with Gasteiger partial charge >= 0.3 is 5.97 Å². The average Bonchev–Trinajstić information content (AvgIpc) is 2.19. The Balaban J connectivity index is 3.38. The van der Waals surface area contributed by atoms with Gasteiger partial charge in [-0.2, -0.15) is 0 Å². The third-order valence-electron chi connectivity index (χ3n) is 2.62. The van der Waals surface area contributed by atoms with Crippen LogP contribution in [0.5, 0.6) is 5.75 Å². The van der Waals surface area contributed by atoms with Gasteiger partial charge in [-0.15, -0.1) is 0 Å². The first-order valence-corrected chi connectivity index (χ1v) is 4.56. The van der Waals surface area contributed by atoms with Gasteiger partial charge in [-0.1, -0.05) is 0 Å². The molecule has 0 aliphatic carbocycles. The molecule has 0 heterocycles. The predicted molar refractivity (Wildman–Crippen MR) is 54.9 cm³/mol. The lowest BCUT2D eigenvalue weighted by Crippen LogP contribution is -2.12. The quantitative estimate of drug-likeness (QED) is 0.690. The highest BCUT2D eigenvalue weighted by molar-refractivity contribution is 5.75. The van der Waals surface area contributed by atoms with Gasteiger partial charge in [-0.3, -0.25) is 0 Å². The number of aromatic hydroxyl groups is 1. The largest absolute Gasteiger partial charge is 0.507 e. The zero-order valence-electron chi connectivity index (χ0n) is 8.90. The minimum atomic E-state index is -1.54. The van der Waals surface area contributed by atoms with Crippen molar-refractivity contribution in [2.45, 2.75) is 26.9 Å². The fourth-order valence-electron chi connectivity index (χ4n) is 1.52. The van der Waals surface area contributed by atoms with E-state index >= 15 is 0 Å². The molecule has 1 aromatic carbocycles. The predicted octanol–water partition coefficient (Wildman–Crippen LogP) is 1.44. The van der Waals surface area contributed by atoms with Crippen molar-refractivity contribution < 1.29 is 20.1 Å². The van der Waals surface area contributed by atoms with E-state index < -0.39 is 12.1 Å². The zero-order chi connectivity index (χ0) is 11.7. The molecule has 4 nitrogen and oxygen atoms in total. The summed E-state index contributed by atoms with van der Waals surface area (Å²) in [6.07, 6.45) is -1.54. The van der Waals surface area contributed by atoms with Crippen LogP contribution in [0.1, 0.15) is 28.4 Å². The van der Waals surface area contributed by atoms with Gasteiger partial charge in [-0.05, 0) is 49.1 Å². The number of hydrogen-bond donors (Lipinski definition) is 3. The minimum absolute atomic E-state index is 0.147. The van der Waals surface area contributed by atoms with Gasteiger partial charge in [0.2, 0.25) is 0 Å². The molecule has 0 fully saturated rings. The Hall–Kier alpha value is -1.55. The number of phenols is 1. The molecule has 0 aromatic heterocycles. The summed E-state index contributed by atoms with van der Waals surface area (Å²) in [5.41, 5.74) is 2.10. The first-order valence-electron chi connectivity index (χ1n) is 4.56. The van der Waals surface area contributed by atoms with Gasteiger partial charge in [0.05, 0.1) is 0 Å². The Morgan fingerprint density at radius 3 is 2.27 bits per heavy atom. The third kappa shape index (κ3) is 1.94. The Kier molecular flexibility index (Phi) is 3.00. The number of carboxylic acids is 1. The van der Waals surface area contributed by atoms with Crippen molar-refractivity contribution in [1.82, 2.24) is 0 Å². The van der Waals surface area contributed by atoms with Crippen LogP contribution in [0, 0.1) is 20.8 Å².